The highest BCUT2D eigenvalue weighted by atomic mass is 35.5. The van der Waals surface area contributed by atoms with Gasteiger partial charge in [-0.1, -0.05) is 80.6 Å². The number of allylic oxidation sites excluding steroid dienone is 2. The van der Waals surface area contributed by atoms with E-state index in [0.717, 1.165) is 32.1 Å². The Bertz CT molecular complexity index is 763. The van der Waals surface area contributed by atoms with Gasteiger partial charge in [0.2, 0.25) is 0 Å². The van der Waals surface area contributed by atoms with Crippen LogP contribution in [-0.4, -0.2) is 5.38 Å². The first-order chi connectivity index (χ1) is 12.9. The minimum Gasteiger partial charge on any atom is -0.402 e. The van der Waals surface area contributed by atoms with Crippen LogP contribution in [0.15, 0.2) is 67.4 Å². The molecule has 0 aliphatic carbocycles. The molecule has 2 aromatic carbocycles. The standard InChI is InChI=1S/C25H32ClN/c1-5-9-19(3)25-14-18(2)12-13-22(25)16-24(26)17-23(20(4)27)15-21-10-7-6-8-11-21/h6-8,10-14,23-24H,3-5,9,15-17,27H2,1-2H3. The molecule has 0 aromatic heterocycles. The zero-order valence-corrected chi connectivity index (χ0v) is 17.4. The van der Waals surface area contributed by atoms with E-state index in [4.69, 9.17) is 17.3 Å². The SMILES string of the molecule is C=C(CCC)c1cc(C)ccc1CC(Cl)CC(Cc1ccccc1)C(=C)N. The highest BCUT2D eigenvalue weighted by molar-refractivity contribution is 6.20. The molecular weight excluding hydrogens is 350 g/mol. The number of halogens is 1. The van der Waals surface area contributed by atoms with Gasteiger partial charge >= 0.3 is 0 Å². The van der Waals surface area contributed by atoms with E-state index in [1.54, 1.807) is 0 Å². The highest BCUT2D eigenvalue weighted by Gasteiger charge is 2.19. The van der Waals surface area contributed by atoms with Crippen molar-refractivity contribution in [2.45, 2.75) is 51.3 Å². The van der Waals surface area contributed by atoms with Crippen LogP contribution in [0.3, 0.4) is 0 Å². The summed E-state index contributed by atoms with van der Waals surface area (Å²) in [5.41, 5.74) is 13.1. The van der Waals surface area contributed by atoms with Crippen LogP contribution >= 0.6 is 11.6 Å². The van der Waals surface area contributed by atoms with E-state index in [1.165, 1.54) is 27.8 Å². The van der Waals surface area contributed by atoms with E-state index >= 15 is 0 Å². The summed E-state index contributed by atoms with van der Waals surface area (Å²) < 4.78 is 0. The molecular formula is C25H32ClN. The zero-order valence-electron chi connectivity index (χ0n) is 16.7. The molecule has 0 saturated heterocycles. The Kier molecular flexibility index (Phi) is 8.19. The van der Waals surface area contributed by atoms with Crippen molar-refractivity contribution in [1.29, 1.82) is 0 Å². The van der Waals surface area contributed by atoms with Gasteiger partial charge < -0.3 is 5.73 Å². The predicted octanol–water partition coefficient (Wildman–Crippen LogP) is 6.68. The quantitative estimate of drug-likeness (QED) is 0.456. The van der Waals surface area contributed by atoms with Crippen LogP contribution < -0.4 is 5.73 Å². The number of aryl methyl sites for hydroxylation is 1. The van der Waals surface area contributed by atoms with Crippen LogP contribution in [0.5, 0.6) is 0 Å². The number of alkyl halides is 1. The molecule has 0 aliphatic rings. The Labute approximate surface area is 169 Å². The summed E-state index contributed by atoms with van der Waals surface area (Å²) in [4.78, 5) is 0. The van der Waals surface area contributed by atoms with Crippen molar-refractivity contribution in [2.75, 3.05) is 0 Å². The molecule has 2 N–H and O–H groups in total. The number of hydrogen-bond acceptors (Lipinski definition) is 1. The lowest BCUT2D eigenvalue weighted by Crippen LogP contribution is -2.19. The molecule has 0 amide bonds. The summed E-state index contributed by atoms with van der Waals surface area (Å²) in [6.45, 7) is 12.6. The van der Waals surface area contributed by atoms with Gasteiger partial charge in [-0.3, -0.25) is 0 Å². The molecule has 0 fully saturated rings. The normalized spacial score (nSPS) is 13.1. The highest BCUT2D eigenvalue weighted by Crippen LogP contribution is 2.28. The number of benzene rings is 2. The van der Waals surface area contributed by atoms with Crippen LogP contribution in [0.4, 0.5) is 0 Å². The maximum atomic E-state index is 6.79. The van der Waals surface area contributed by atoms with Crippen LogP contribution in [0.1, 0.15) is 48.4 Å². The number of hydrogen-bond donors (Lipinski definition) is 1. The molecule has 0 aliphatic heterocycles. The molecule has 0 saturated carbocycles. The van der Waals surface area contributed by atoms with E-state index in [9.17, 15) is 0 Å². The third-order valence-corrected chi connectivity index (χ3v) is 5.36. The Balaban J connectivity index is 2.10. The molecule has 0 bridgehead atoms. The Morgan fingerprint density at radius 1 is 1.07 bits per heavy atom. The van der Waals surface area contributed by atoms with E-state index in [0.29, 0.717) is 5.70 Å². The lowest BCUT2D eigenvalue weighted by Gasteiger charge is -2.21. The van der Waals surface area contributed by atoms with Gasteiger partial charge in [-0.2, -0.15) is 0 Å². The summed E-state index contributed by atoms with van der Waals surface area (Å²) in [5.74, 6) is 0.183. The van der Waals surface area contributed by atoms with Crippen molar-refractivity contribution >= 4 is 17.2 Å². The maximum absolute atomic E-state index is 6.79. The molecule has 2 heteroatoms. The second-order valence-corrected chi connectivity index (χ2v) is 8.13. The van der Waals surface area contributed by atoms with Crippen molar-refractivity contribution in [1.82, 2.24) is 0 Å². The Morgan fingerprint density at radius 3 is 2.41 bits per heavy atom. The van der Waals surface area contributed by atoms with Gasteiger partial charge in [0.1, 0.15) is 0 Å². The lowest BCUT2D eigenvalue weighted by atomic mass is 9.88. The minimum atomic E-state index is 0.00916. The van der Waals surface area contributed by atoms with Crippen molar-refractivity contribution in [3.05, 3.63) is 89.6 Å². The van der Waals surface area contributed by atoms with E-state index in [-0.39, 0.29) is 11.3 Å². The summed E-state index contributed by atoms with van der Waals surface area (Å²) >= 11 is 6.79. The molecule has 0 radical (unpaired) electrons. The smallest absolute Gasteiger partial charge is 0.0383 e. The third-order valence-electron chi connectivity index (χ3n) is 5.03. The summed E-state index contributed by atoms with van der Waals surface area (Å²) in [5, 5.41) is 0.00916. The van der Waals surface area contributed by atoms with Gasteiger partial charge in [-0.05, 0) is 54.9 Å². The van der Waals surface area contributed by atoms with Gasteiger partial charge in [-0.15, -0.1) is 11.6 Å². The average Bonchev–Trinajstić information content (AvgIpc) is 2.63. The molecule has 2 unspecified atom stereocenters. The van der Waals surface area contributed by atoms with Crippen LogP contribution in [0, 0.1) is 12.8 Å². The summed E-state index contributed by atoms with van der Waals surface area (Å²) in [7, 11) is 0. The molecule has 2 rings (SSSR count). The van der Waals surface area contributed by atoms with Gasteiger partial charge in [0.05, 0.1) is 0 Å². The monoisotopic (exact) mass is 381 g/mol. The fourth-order valence-electron chi connectivity index (χ4n) is 3.53. The number of nitrogens with two attached hydrogens (primary N) is 1. The van der Waals surface area contributed by atoms with Crippen molar-refractivity contribution in [3.8, 4) is 0 Å². The van der Waals surface area contributed by atoms with E-state index < -0.39 is 0 Å². The van der Waals surface area contributed by atoms with E-state index in [2.05, 4.69) is 69.5 Å². The second kappa shape index (κ2) is 10.4. The molecule has 2 atom stereocenters. The van der Waals surface area contributed by atoms with E-state index in [1.807, 2.05) is 6.07 Å². The predicted molar refractivity (Wildman–Crippen MR) is 120 cm³/mol. The second-order valence-electron chi connectivity index (χ2n) is 7.51. The Hall–Kier alpha value is -1.99. The molecule has 27 heavy (non-hydrogen) atoms. The van der Waals surface area contributed by atoms with Crippen LogP contribution in [0.2, 0.25) is 0 Å². The first-order valence-electron chi connectivity index (χ1n) is 9.80. The van der Waals surface area contributed by atoms with Gasteiger partial charge in [-0.25, -0.2) is 0 Å². The summed E-state index contributed by atoms with van der Waals surface area (Å²) in [6.07, 6.45) is 4.63. The molecule has 0 heterocycles. The van der Waals surface area contributed by atoms with Crippen LogP contribution in [-0.2, 0) is 12.8 Å². The topological polar surface area (TPSA) is 26.0 Å². The first-order valence-corrected chi connectivity index (χ1v) is 10.2. The lowest BCUT2D eigenvalue weighted by molar-refractivity contribution is 0.533. The fraction of sp³-hybridized carbons (Fsp3) is 0.360. The Morgan fingerprint density at radius 2 is 1.78 bits per heavy atom. The largest absolute Gasteiger partial charge is 0.402 e. The zero-order chi connectivity index (χ0) is 19.8. The van der Waals surface area contributed by atoms with Gasteiger partial charge in [0, 0.05) is 17.0 Å². The maximum Gasteiger partial charge on any atom is 0.0383 e. The first kappa shape index (κ1) is 21.3. The average molecular weight is 382 g/mol. The molecule has 144 valence electrons. The van der Waals surface area contributed by atoms with Gasteiger partial charge in [0.25, 0.3) is 0 Å². The van der Waals surface area contributed by atoms with Crippen molar-refractivity contribution in [3.63, 3.8) is 0 Å². The van der Waals surface area contributed by atoms with Crippen molar-refractivity contribution in [2.24, 2.45) is 11.7 Å². The van der Waals surface area contributed by atoms with Gasteiger partial charge in [0.15, 0.2) is 0 Å². The van der Waals surface area contributed by atoms with Crippen LogP contribution in [0.25, 0.3) is 5.57 Å². The minimum absolute atomic E-state index is 0.00916. The molecule has 1 nitrogen and oxygen atoms in total. The molecule has 0 spiro atoms. The molecule has 2 aromatic rings. The summed E-state index contributed by atoms with van der Waals surface area (Å²) in [6, 6.07) is 17.0. The third kappa shape index (κ3) is 6.59. The number of rotatable bonds is 10. The fourth-order valence-corrected chi connectivity index (χ4v) is 3.91. The van der Waals surface area contributed by atoms with Crippen molar-refractivity contribution < 1.29 is 0 Å².